The summed E-state index contributed by atoms with van der Waals surface area (Å²) in [5.74, 6) is 0.166. The average Bonchev–Trinajstić information content (AvgIpc) is 3.34. The van der Waals surface area contributed by atoms with Gasteiger partial charge in [-0.05, 0) is 35.9 Å². The zero-order valence-corrected chi connectivity index (χ0v) is 15.7. The Balaban J connectivity index is 1.59. The Bertz CT molecular complexity index is 1260. The van der Waals surface area contributed by atoms with Gasteiger partial charge >= 0.3 is 0 Å². The summed E-state index contributed by atoms with van der Waals surface area (Å²) in [6.45, 7) is 0.232. The minimum atomic E-state index is -3.59. The topological polar surface area (TPSA) is 111 Å². The van der Waals surface area contributed by atoms with Gasteiger partial charge in [-0.15, -0.1) is 0 Å². The van der Waals surface area contributed by atoms with E-state index >= 15 is 0 Å². The Kier molecular flexibility index (Phi) is 4.40. The summed E-state index contributed by atoms with van der Waals surface area (Å²) in [6, 6.07) is 10.4. The lowest BCUT2D eigenvalue weighted by Crippen LogP contribution is -2.23. The zero-order chi connectivity index (χ0) is 19.7. The quantitative estimate of drug-likeness (QED) is 0.543. The smallest absolute Gasteiger partial charge is 0.272 e. The van der Waals surface area contributed by atoms with Crippen molar-refractivity contribution in [2.75, 3.05) is 6.26 Å². The van der Waals surface area contributed by atoms with Gasteiger partial charge in [0.25, 0.3) is 5.91 Å². The molecular weight excluding hydrogens is 380 g/mol. The maximum absolute atomic E-state index is 12.7. The summed E-state index contributed by atoms with van der Waals surface area (Å²) < 4.78 is 27.0. The standard InChI is InChI=1S/C18H16N6O3S/c1-28(26,27)18-22-16(14-5-2-3-9-23(14)18)17(25)20-12-13-6-8-19-15(11-13)24-10-4-7-21-24/h2-11H,12H2,1H3,(H,20,25). The Labute approximate surface area is 160 Å². The predicted molar refractivity (Wildman–Crippen MR) is 101 cm³/mol. The fourth-order valence-electron chi connectivity index (χ4n) is 2.80. The number of nitrogens with one attached hydrogen (secondary N) is 1. The van der Waals surface area contributed by atoms with Crippen LogP contribution in [0.5, 0.6) is 0 Å². The Morgan fingerprint density at radius 1 is 1.14 bits per heavy atom. The molecule has 0 saturated heterocycles. The highest BCUT2D eigenvalue weighted by atomic mass is 32.2. The molecule has 0 unspecified atom stereocenters. The van der Waals surface area contributed by atoms with Crippen LogP contribution in [0.3, 0.4) is 0 Å². The summed E-state index contributed by atoms with van der Waals surface area (Å²) in [6.07, 6.45) is 7.68. The zero-order valence-electron chi connectivity index (χ0n) is 14.8. The highest BCUT2D eigenvalue weighted by Crippen LogP contribution is 2.17. The van der Waals surface area contributed by atoms with E-state index in [-0.39, 0.29) is 17.4 Å². The lowest BCUT2D eigenvalue weighted by Gasteiger charge is -2.06. The van der Waals surface area contributed by atoms with Crippen LogP contribution >= 0.6 is 0 Å². The summed E-state index contributed by atoms with van der Waals surface area (Å²) in [5, 5.41) is 6.74. The van der Waals surface area contributed by atoms with Crippen LogP contribution in [0.1, 0.15) is 16.1 Å². The van der Waals surface area contributed by atoms with Gasteiger partial charge in [0.2, 0.25) is 15.0 Å². The maximum atomic E-state index is 12.7. The van der Waals surface area contributed by atoms with Gasteiger partial charge in [-0.3, -0.25) is 9.20 Å². The highest BCUT2D eigenvalue weighted by molar-refractivity contribution is 7.90. The molecule has 0 spiro atoms. The van der Waals surface area contributed by atoms with Crippen LogP contribution in [0, 0.1) is 0 Å². The molecule has 4 heterocycles. The Morgan fingerprint density at radius 3 is 2.75 bits per heavy atom. The number of nitrogens with zero attached hydrogens (tertiary/aromatic N) is 5. The van der Waals surface area contributed by atoms with Crippen LogP contribution in [-0.2, 0) is 16.4 Å². The predicted octanol–water partition coefficient (Wildman–Crippen LogP) is 1.25. The van der Waals surface area contributed by atoms with Crippen LogP contribution < -0.4 is 5.32 Å². The Hall–Kier alpha value is -3.53. The van der Waals surface area contributed by atoms with Crippen molar-refractivity contribution in [3.63, 3.8) is 0 Å². The van der Waals surface area contributed by atoms with Crippen molar-refractivity contribution >= 4 is 21.3 Å². The van der Waals surface area contributed by atoms with Crippen molar-refractivity contribution < 1.29 is 13.2 Å². The highest BCUT2D eigenvalue weighted by Gasteiger charge is 2.22. The lowest BCUT2D eigenvalue weighted by molar-refractivity contribution is 0.0947. The number of pyridine rings is 2. The third kappa shape index (κ3) is 3.37. The second-order valence-electron chi connectivity index (χ2n) is 6.13. The van der Waals surface area contributed by atoms with Crippen molar-refractivity contribution in [2.45, 2.75) is 11.7 Å². The van der Waals surface area contributed by atoms with Crippen LogP contribution in [-0.4, -0.2) is 44.7 Å². The van der Waals surface area contributed by atoms with Crippen LogP contribution in [0.2, 0.25) is 0 Å². The molecule has 0 aliphatic rings. The van der Waals surface area contributed by atoms with E-state index in [1.54, 1.807) is 65.9 Å². The van der Waals surface area contributed by atoms with Gasteiger partial charge in [-0.2, -0.15) is 5.10 Å². The first-order chi connectivity index (χ1) is 13.4. The molecule has 0 bridgehead atoms. The second-order valence-corrected chi connectivity index (χ2v) is 8.04. The number of carbonyl (C=O) groups is 1. The fourth-order valence-corrected chi connectivity index (χ4v) is 3.58. The van der Waals surface area contributed by atoms with Crippen molar-refractivity contribution in [1.29, 1.82) is 0 Å². The van der Waals surface area contributed by atoms with Gasteiger partial charge in [-0.25, -0.2) is 23.1 Å². The van der Waals surface area contributed by atoms with Crippen LogP contribution in [0.15, 0.2) is 66.3 Å². The number of carbonyl (C=O) groups excluding carboxylic acids is 1. The largest absolute Gasteiger partial charge is 0.347 e. The number of rotatable bonds is 5. The molecule has 1 amide bonds. The number of hydrogen-bond donors (Lipinski definition) is 1. The number of aromatic nitrogens is 5. The van der Waals surface area contributed by atoms with E-state index in [2.05, 4.69) is 20.4 Å². The summed E-state index contributed by atoms with van der Waals surface area (Å²) in [5.41, 5.74) is 1.30. The summed E-state index contributed by atoms with van der Waals surface area (Å²) >= 11 is 0. The van der Waals surface area contributed by atoms with Gasteiger partial charge in [-0.1, -0.05) is 6.07 Å². The first-order valence-electron chi connectivity index (χ1n) is 8.34. The van der Waals surface area contributed by atoms with Crippen molar-refractivity contribution in [2.24, 2.45) is 0 Å². The number of hydrogen-bond acceptors (Lipinski definition) is 6. The minimum Gasteiger partial charge on any atom is -0.347 e. The molecular formula is C18H16N6O3S. The monoisotopic (exact) mass is 396 g/mol. The lowest BCUT2D eigenvalue weighted by atomic mass is 10.2. The second kappa shape index (κ2) is 6.89. The molecule has 10 heteroatoms. The Morgan fingerprint density at radius 2 is 2.00 bits per heavy atom. The molecule has 1 N–H and O–H groups in total. The molecule has 0 radical (unpaired) electrons. The molecule has 142 valence electrons. The number of fused-ring (bicyclic) bond motifs is 1. The molecule has 0 aliphatic heterocycles. The molecule has 9 nitrogen and oxygen atoms in total. The van der Waals surface area contributed by atoms with Crippen molar-refractivity contribution in [3.05, 3.63) is 72.4 Å². The molecule has 0 aromatic carbocycles. The molecule has 4 rings (SSSR count). The summed E-state index contributed by atoms with van der Waals surface area (Å²) in [4.78, 5) is 21.0. The molecule has 0 saturated carbocycles. The van der Waals surface area contributed by atoms with E-state index in [9.17, 15) is 13.2 Å². The van der Waals surface area contributed by atoms with E-state index in [1.807, 2.05) is 0 Å². The van der Waals surface area contributed by atoms with E-state index < -0.39 is 15.7 Å². The van der Waals surface area contributed by atoms with Gasteiger partial charge in [0, 0.05) is 37.6 Å². The van der Waals surface area contributed by atoms with Gasteiger partial charge in [0.1, 0.15) is 0 Å². The van der Waals surface area contributed by atoms with Gasteiger partial charge < -0.3 is 5.32 Å². The van der Waals surface area contributed by atoms with Crippen molar-refractivity contribution in [3.8, 4) is 5.82 Å². The average molecular weight is 396 g/mol. The van der Waals surface area contributed by atoms with Crippen molar-refractivity contribution in [1.82, 2.24) is 29.5 Å². The van der Waals surface area contributed by atoms with E-state index in [4.69, 9.17) is 0 Å². The third-order valence-electron chi connectivity index (χ3n) is 4.06. The van der Waals surface area contributed by atoms with Crippen LogP contribution in [0.4, 0.5) is 0 Å². The number of amides is 1. The van der Waals surface area contributed by atoms with E-state index in [0.29, 0.717) is 11.3 Å². The first-order valence-corrected chi connectivity index (χ1v) is 10.2. The summed E-state index contributed by atoms with van der Waals surface area (Å²) in [7, 11) is -3.59. The first kappa shape index (κ1) is 17.9. The number of sulfone groups is 1. The van der Waals surface area contributed by atoms with Gasteiger partial charge in [0.15, 0.2) is 11.5 Å². The molecule has 4 aromatic rings. The minimum absolute atomic E-state index is 0.0578. The normalized spacial score (nSPS) is 11.6. The number of imidazole rings is 1. The van der Waals surface area contributed by atoms with Crippen LogP contribution in [0.25, 0.3) is 11.3 Å². The molecule has 0 atom stereocenters. The maximum Gasteiger partial charge on any atom is 0.272 e. The third-order valence-corrected chi connectivity index (χ3v) is 5.02. The SMILES string of the molecule is CS(=O)(=O)c1nc(C(=O)NCc2ccnc(-n3cccn3)c2)c2ccccn12. The fraction of sp³-hybridized carbons (Fsp3) is 0.111. The molecule has 0 fully saturated rings. The van der Waals surface area contributed by atoms with E-state index in [0.717, 1.165) is 11.8 Å². The van der Waals surface area contributed by atoms with Gasteiger partial charge in [0.05, 0.1) is 5.52 Å². The molecule has 0 aliphatic carbocycles. The molecule has 28 heavy (non-hydrogen) atoms. The van der Waals surface area contributed by atoms with E-state index in [1.165, 1.54) is 4.40 Å². The molecule has 4 aromatic heterocycles.